The lowest BCUT2D eigenvalue weighted by atomic mass is 10.2. The number of morpholine rings is 1. The van der Waals surface area contributed by atoms with Gasteiger partial charge in [-0.1, -0.05) is 0 Å². The standard InChI is InChI=1S/C18H25FN4O3/c1-13(23-5-7-25-8-6-23)10-22(2)18(24)12-26-11-17-20-15-4-3-14(19)9-16(15)21-17/h3-4,9,13H,5-8,10-12H2,1-2H3,(H,20,21). The molecule has 26 heavy (non-hydrogen) atoms. The van der Waals surface area contributed by atoms with E-state index in [4.69, 9.17) is 9.47 Å². The second-order valence-electron chi connectivity index (χ2n) is 6.61. The number of hydrogen-bond donors (Lipinski definition) is 1. The molecule has 1 atom stereocenters. The van der Waals surface area contributed by atoms with Crippen LogP contribution in [0.2, 0.25) is 0 Å². The number of nitrogens with one attached hydrogen (secondary N) is 1. The molecule has 1 aromatic heterocycles. The predicted molar refractivity (Wildman–Crippen MR) is 95.2 cm³/mol. The lowest BCUT2D eigenvalue weighted by molar-refractivity contribution is -0.136. The van der Waals surface area contributed by atoms with Gasteiger partial charge < -0.3 is 19.4 Å². The molecule has 0 saturated carbocycles. The maximum Gasteiger partial charge on any atom is 0.248 e. The molecule has 8 heteroatoms. The second-order valence-corrected chi connectivity index (χ2v) is 6.61. The van der Waals surface area contributed by atoms with Crippen molar-refractivity contribution in [1.29, 1.82) is 0 Å². The van der Waals surface area contributed by atoms with Gasteiger partial charge >= 0.3 is 0 Å². The van der Waals surface area contributed by atoms with E-state index in [9.17, 15) is 9.18 Å². The number of benzene rings is 1. The topological polar surface area (TPSA) is 70.7 Å². The molecule has 0 radical (unpaired) electrons. The lowest BCUT2D eigenvalue weighted by Crippen LogP contribution is -2.48. The van der Waals surface area contributed by atoms with Crippen LogP contribution in [0.25, 0.3) is 11.0 Å². The van der Waals surface area contributed by atoms with Crippen molar-refractivity contribution in [2.24, 2.45) is 0 Å². The Morgan fingerprint density at radius 3 is 3.00 bits per heavy atom. The number of fused-ring (bicyclic) bond motifs is 1. The fraction of sp³-hybridized carbons (Fsp3) is 0.556. The molecule has 7 nitrogen and oxygen atoms in total. The van der Waals surface area contributed by atoms with Gasteiger partial charge in [0.15, 0.2) is 0 Å². The molecule has 3 rings (SSSR count). The van der Waals surface area contributed by atoms with Crippen LogP contribution in [-0.2, 0) is 20.9 Å². The van der Waals surface area contributed by atoms with Gasteiger partial charge in [-0.15, -0.1) is 0 Å². The summed E-state index contributed by atoms with van der Waals surface area (Å²) in [6, 6.07) is 4.63. The molecule has 0 bridgehead atoms. The van der Waals surface area contributed by atoms with E-state index in [1.807, 2.05) is 0 Å². The molecule has 1 unspecified atom stereocenters. The molecule has 2 aromatic rings. The molecule has 142 valence electrons. The summed E-state index contributed by atoms with van der Waals surface area (Å²) in [5.74, 6) is 0.176. The van der Waals surface area contributed by atoms with Crippen LogP contribution in [0.15, 0.2) is 18.2 Å². The smallest absolute Gasteiger partial charge is 0.248 e. The van der Waals surface area contributed by atoms with E-state index in [0.717, 1.165) is 26.3 Å². The zero-order valence-corrected chi connectivity index (χ0v) is 15.2. The molecule has 1 fully saturated rings. The van der Waals surface area contributed by atoms with Gasteiger partial charge in [0, 0.05) is 32.7 Å². The minimum atomic E-state index is -0.320. The van der Waals surface area contributed by atoms with E-state index >= 15 is 0 Å². The molecule has 1 aromatic carbocycles. The van der Waals surface area contributed by atoms with Gasteiger partial charge in [-0.25, -0.2) is 9.37 Å². The number of nitrogens with zero attached hydrogens (tertiary/aromatic N) is 3. The molecule has 0 spiro atoms. The Bertz CT molecular complexity index is 745. The second kappa shape index (κ2) is 8.57. The first-order chi connectivity index (χ1) is 12.5. The normalized spacial score (nSPS) is 16.7. The van der Waals surface area contributed by atoms with Crippen molar-refractivity contribution in [2.75, 3.05) is 46.5 Å². The highest BCUT2D eigenvalue weighted by atomic mass is 19.1. The number of aromatic amines is 1. The molecule has 1 N–H and O–H groups in total. The lowest BCUT2D eigenvalue weighted by Gasteiger charge is -2.34. The average molecular weight is 364 g/mol. The van der Waals surface area contributed by atoms with Crippen LogP contribution < -0.4 is 0 Å². The summed E-state index contributed by atoms with van der Waals surface area (Å²) in [6.45, 7) is 6.19. The molecule has 2 heterocycles. The Morgan fingerprint density at radius 1 is 1.46 bits per heavy atom. The number of imidazole rings is 1. The number of halogens is 1. The van der Waals surface area contributed by atoms with Crippen LogP contribution in [0.1, 0.15) is 12.7 Å². The minimum absolute atomic E-state index is 0.0161. The highest BCUT2D eigenvalue weighted by Crippen LogP contribution is 2.13. The van der Waals surface area contributed by atoms with Crippen LogP contribution in [-0.4, -0.2) is 78.2 Å². The molecular weight excluding hydrogens is 339 g/mol. The third-order valence-electron chi connectivity index (χ3n) is 4.59. The average Bonchev–Trinajstić information content (AvgIpc) is 3.04. The van der Waals surface area contributed by atoms with Gasteiger partial charge in [0.25, 0.3) is 0 Å². The zero-order valence-electron chi connectivity index (χ0n) is 15.2. The maximum atomic E-state index is 13.2. The number of ether oxygens (including phenoxy) is 2. The molecule has 1 aliphatic heterocycles. The highest BCUT2D eigenvalue weighted by molar-refractivity contribution is 5.77. The van der Waals surface area contributed by atoms with Gasteiger partial charge in [-0.2, -0.15) is 0 Å². The number of likely N-dealkylation sites (N-methyl/N-ethyl adjacent to an activating group) is 1. The molecule has 1 saturated heterocycles. The van der Waals surface area contributed by atoms with E-state index in [2.05, 4.69) is 21.8 Å². The first-order valence-corrected chi connectivity index (χ1v) is 8.80. The summed E-state index contributed by atoms with van der Waals surface area (Å²) in [5.41, 5.74) is 1.29. The zero-order chi connectivity index (χ0) is 18.5. The van der Waals surface area contributed by atoms with Gasteiger partial charge in [0.05, 0.1) is 24.2 Å². The Balaban J connectivity index is 1.43. The fourth-order valence-corrected chi connectivity index (χ4v) is 3.08. The van der Waals surface area contributed by atoms with Gasteiger partial charge in [0.2, 0.25) is 5.91 Å². The molecule has 1 aliphatic rings. The van der Waals surface area contributed by atoms with Crippen LogP contribution in [0, 0.1) is 5.82 Å². The highest BCUT2D eigenvalue weighted by Gasteiger charge is 2.20. The van der Waals surface area contributed by atoms with Crippen molar-refractivity contribution in [3.8, 4) is 0 Å². The fourth-order valence-electron chi connectivity index (χ4n) is 3.08. The quantitative estimate of drug-likeness (QED) is 0.804. The van der Waals surface area contributed by atoms with Crippen molar-refractivity contribution in [2.45, 2.75) is 19.6 Å². The number of rotatable bonds is 7. The van der Waals surface area contributed by atoms with Crippen molar-refractivity contribution in [3.05, 3.63) is 29.8 Å². The summed E-state index contributed by atoms with van der Waals surface area (Å²) in [4.78, 5) is 23.6. The minimum Gasteiger partial charge on any atom is -0.379 e. The number of carbonyl (C=O) groups excluding carboxylic acids is 1. The van der Waals surface area contributed by atoms with Crippen molar-refractivity contribution in [3.63, 3.8) is 0 Å². The number of amides is 1. The number of H-pyrrole nitrogens is 1. The van der Waals surface area contributed by atoms with E-state index in [0.29, 0.717) is 23.4 Å². The number of carbonyl (C=O) groups is 1. The van der Waals surface area contributed by atoms with Crippen LogP contribution in [0.5, 0.6) is 0 Å². The summed E-state index contributed by atoms with van der Waals surface area (Å²) in [7, 11) is 1.78. The van der Waals surface area contributed by atoms with E-state index in [1.165, 1.54) is 12.1 Å². The third kappa shape index (κ3) is 4.78. The first kappa shape index (κ1) is 18.8. The Hall–Kier alpha value is -2.03. The summed E-state index contributed by atoms with van der Waals surface area (Å²) < 4.78 is 24.0. The van der Waals surface area contributed by atoms with Crippen LogP contribution >= 0.6 is 0 Å². The Kier molecular flexibility index (Phi) is 6.18. The van der Waals surface area contributed by atoms with Gasteiger partial charge in [-0.3, -0.25) is 9.69 Å². The Morgan fingerprint density at radius 2 is 2.23 bits per heavy atom. The van der Waals surface area contributed by atoms with E-state index < -0.39 is 0 Å². The SMILES string of the molecule is CC(CN(C)C(=O)COCc1nc2ccc(F)cc2[nH]1)N1CCOCC1. The van der Waals surface area contributed by atoms with Crippen molar-refractivity contribution < 1.29 is 18.7 Å². The van der Waals surface area contributed by atoms with Gasteiger partial charge in [-0.05, 0) is 25.1 Å². The van der Waals surface area contributed by atoms with Crippen molar-refractivity contribution >= 4 is 16.9 Å². The third-order valence-corrected chi connectivity index (χ3v) is 4.59. The summed E-state index contributed by atoms with van der Waals surface area (Å²) in [6.07, 6.45) is 0. The van der Waals surface area contributed by atoms with Crippen LogP contribution in [0.3, 0.4) is 0 Å². The monoisotopic (exact) mass is 364 g/mol. The molecule has 0 aliphatic carbocycles. The Labute approximate surface area is 152 Å². The van der Waals surface area contributed by atoms with Crippen molar-refractivity contribution in [1.82, 2.24) is 19.8 Å². The largest absolute Gasteiger partial charge is 0.379 e. The maximum absolute atomic E-state index is 13.2. The molecular formula is C18H25FN4O3. The number of hydrogen-bond acceptors (Lipinski definition) is 5. The summed E-state index contributed by atoms with van der Waals surface area (Å²) in [5, 5.41) is 0. The summed E-state index contributed by atoms with van der Waals surface area (Å²) >= 11 is 0. The van der Waals surface area contributed by atoms with E-state index in [-0.39, 0.29) is 31.0 Å². The van der Waals surface area contributed by atoms with E-state index in [1.54, 1.807) is 18.0 Å². The predicted octanol–water partition coefficient (Wildman–Crippen LogP) is 1.40. The first-order valence-electron chi connectivity index (χ1n) is 8.80. The van der Waals surface area contributed by atoms with Gasteiger partial charge in [0.1, 0.15) is 24.9 Å². The number of aromatic nitrogens is 2. The molecule has 1 amide bonds. The van der Waals surface area contributed by atoms with Crippen LogP contribution in [0.4, 0.5) is 4.39 Å².